The average Bonchev–Trinajstić information content (AvgIpc) is 3.37. The molecule has 0 saturated carbocycles. The van der Waals surface area contributed by atoms with E-state index in [0.29, 0.717) is 33.7 Å². The maximum atomic E-state index is 13.6. The molecule has 1 aliphatic rings. The summed E-state index contributed by atoms with van der Waals surface area (Å²) in [6.07, 6.45) is 0.465. The Kier molecular flexibility index (Phi) is 8.62. The second kappa shape index (κ2) is 11.8. The van der Waals surface area contributed by atoms with Crippen molar-refractivity contribution in [2.75, 3.05) is 19.0 Å². The molecule has 3 aromatic rings. The van der Waals surface area contributed by atoms with E-state index >= 15 is 0 Å². The molecule has 1 heterocycles. The van der Waals surface area contributed by atoms with Gasteiger partial charge in [0.25, 0.3) is 5.91 Å². The van der Waals surface area contributed by atoms with E-state index in [0.717, 1.165) is 0 Å². The lowest BCUT2D eigenvalue weighted by atomic mass is 9.89. The van der Waals surface area contributed by atoms with Crippen LogP contribution < -0.4 is 15.8 Å². The van der Waals surface area contributed by atoms with Gasteiger partial charge in [0.05, 0.1) is 17.2 Å². The van der Waals surface area contributed by atoms with Gasteiger partial charge in [-0.1, -0.05) is 53.7 Å². The quantitative estimate of drug-likeness (QED) is 0.208. The Balaban J connectivity index is 1.55. The number of rotatable bonds is 10. The summed E-state index contributed by atoms with van der Waals surface area (Å²) in [5.41, 5.74) is 7.27. The molecule has 11 heteroatoms. The molecule has 0 aromatic heterocycles. The van der Waals surface area contributed by atoms with Crippen molar-refractivity contribution in [2.24, 2.45) is 10.9 Å². The molecule has 0 saturated heterocycles. The van der Waals surface area contributed by atoms with E-state index in [4.69, 9.17) is 20.7 Å². The summed E-state index contributed by atoms with van der Waals surface area (Å²) in [5, 5.41) is 14.8. The van der Waals surface area contributed by atoms with Gasteiger partial charge >= 0.3 is 0 Å². The summed E-state index contributed by atoms with van der Waals surface area (Å²) in [6, 6.07) is 20.8. The summed E-state index contributed by atoms with van der Waals surface area (Å²) in [5.74, 6) is -0.454. The number of carbonyl (C=O) groups excluding carboxylic acids is 1. The number of anilines is 1. The van der Waals surface area contributed by atoms with Gasteiger partial charge in [0.15, 0.2) is 0 Å². The average molecular weight is 578 g/mol. The van der Waals surface area contributed by atoms with E-state index in [2.05, 4.69) is 15.2 Å². The van der Waals surface area contributed by atoms with Crippen LogP contribution in [0.25, 0.3) is 11.1 Å². The largest absolute Gasteiger partial charge is 0.385 e. The van der Waals surface area contributed by atoms with Gasteiger partial charge in [-0.25, -0.2) is 13.1 Å². The summed E-state index contributed by atoms with van der Waals surface area (Å²) in [6.45, 7) is 5.64. The van der Waals surface area contributed by atoms with E-state index in [1.54, 1.807) is 94.6 Å². The molecular weight excluding hydrogens is 542 g/mol. The Hall–Kier alpha value is -4.06. The van der Waals surface area contributed by atoms with Gasteiger partial charge in [-0.2, -0.15) is 0 Å². The maximum Gasteiger partial charge on any atom is 0.271 e. The Bertz CT molecular complexity index is 1580. The number of nitrogen functional groups attached to an aromatic ring is 1. The smallest absolute Gasteiger partial charge is 0.271 e. The van der Waals surface area contributed by atoms with Crippen LogP contribution in [0.15, 0.2) is 82.8 Å². The normalized spacial score (nSPS) is 17.0. The number of ether oxygens (including phenoxy) is 1. The number of hydrogen-bond acceptors (Lipinski definition) is 7. The van der Waals surface area contributed by atoms with E-state index in [9.17, 15) is 13.2 Å². The highest BCUT2D eigenvalue weighted by Gasteiger charge is 2.46. The summed E-state index contributed by atoms with van der Waals surface area (Å²) in [4.78, 5) is 19.5. The topological polar surface area (TPSA) is 156 Å². The molecule has 41 heavy (non-hydrogen) atoms. The number of amides is 1. The molecule has 0 radical (unpaired) electrons. The van der Waals surface area contributed by atoms with Crippen LogP contribution >= 0.6 is 0 Å². The van der Waals surface area contributed by atoms with Crippen LogP contribution in [0.4, 0.5) is 5.69 Å². The molecule has 0 fully saturated rings. The fourth-order valence-electron chi connectivity index (χ4n) is 4.51. The SMILES string of the molecule is COCCC1(C(=O)Nc2ccc(-c3ccccc3S(=O)(=O)NC(C)(C)C)cc2)CC(c2cccc(C(=N)N)c2)=NO1. The predicted molar refractivity (Wildman–Crippen MR) is 160 cm³/mol. The third kappa shape index (κ3) is 6.99. The highest BCUT2D eigenvalue weighted by molar-refractivity contribution is 7.89. The minimum Gasteiger partial charge on any atom is -0.385 e. The van der Waals surface area contributed by atoms with Crippen LogP contribution in [0.1, 0.15) is 44.7 Å². The molecule has 1 aliphatic heterocycles. The van der Waals surface area contributed by atoms with Crippen molar-refractivity contribution in [3.8, 4) is 11.1 Å². The van der Waals surface area contributed by atoms with E-state index in [1.807, 2.05) is 6.07 Å². The maximum absolute atomic E-state index is 13.6. The second-order valence-electron chi connectivity index (χ2n) is 10.9. The number of methoxy groups -OCH3 is 1. The summed E-state index contributed by atoms with van der Waals surface area (Å²) in [7, 11) is -2.22. The summed E-state index contributed by atoms with van der Waals surface area (Å²) < 4.78 is 34.1. The van der Waals surface area contributed by atoms with Crippen molar-refractivity contribution in [2.45, 2.75) is 49.6 Å². The molecule has 3 aromatic carbocycles. The molecule has 1 atom stereocenters. The number of carbonyl (C=O) groups is 1. The van der Waals surface area contributed by atoms with Crippen molar-refractivity contribution >= 4 is 33.2 Å². The van der Waals surface area contributed by atoms with Crippen molar-refractivity contribution in [1.29, 1.82) is 5.41 Å². The standard InChI is InChI=1S/C30H35N5O5S/c1-29(2,3)35-41(37,38)26-11-6-5-10-24(26)20-12-14-23(15-13-20)33-28(36)30(16-17-39-4)19-25(34-40-30)21-8-7-9-22(18-21)27(31)32/h5-15,18,35H,16-17,19H2,1-4H3,(H3,31,32)(H,33,36). The predicted octanol–water partition coefficient (Wildman–Crippen LogP) is 4.25. The number of nitrogens with two attached hydrogens (primary N) is 1. The Morgan fingerprint density at radius 1 is 1.07 bits per heavy atom. The zero-order valence-electron chi connectivity index (χ0n) is 23.5. The Labute approximate surface area is 240 Å². The van der Waals surface area contributed by atoms with E-state index in [1.165, 1.54) is 0 Å². The highest BCUT2D eigenvalue weighted by Crippen LogP contribution is 2.33. The number of sulfonamides is 1. The molecule has 10 nitrogen and oxygen atoms in total. The van der Waals surface area contributed by atoms with Crippen molar-refractivity contribution < 1.29 is 22.8 Å². The minimum atomic E-state index is -3.77. The molecule has 0 spiro atoms. The first kappa shape index (κ1) is 29.9. The van der Waals surface area contributed by atoms with Gasteiger partial charge in [0, 0.05) is 47.9 Å². The number of nitrogens with one attached hydrogen (secondary N) is 3. The third-order valence-corrected chi connectivity index (χ3v) is 8.30. The monoisotopic (exact) mass is 577 g/mol. The number of amidine groups is 1. The zero-order valence-corrected chi connectivity index (χ0v) is 24.3. The minimum absolute atomic E-state index is 0.0658. The molecule has 5 N–H and O–H groups in total. The van der Waals surface area contributed by atoms with E-state index < -0.39 is 21.2 Å². The van der Waals surface area contributed by atoms with Crippen LogP contribution in [0, 0.1) is 5.41 Å². The first-order valence-electron chi connectivity index (χ1n) is 13.1. The van der Waals surface area contributed by atoms with Gasteiger partial charge in [-0.05, 0) is 50.6 Å². The molecule has 0 bridgehead atoms. The second-order valence-corrected chi connectivity index (χ2v) is 12.6. The fourth-order valence-corrected chi connectivity index (χ4v) is 6.16. The number of nitrogens with zero attached hydrogens (tertiary/aromatic N) is 1. The first-order valence-corrected chi connectivity index (χ1v) is 14.6. The Morgan fingerprint density at radius 3 is 2.44 bits per heavy atom. The first-order chi connectivity index (χ1) is 19.3. The van der Waals surface area contributed by atoms with Crippen molar-refractivity contribution in [3.05, 3.63) is 83.9 Å². The van der Waals surface area contributed by atoms with Crippen molar-refractivity contribution in [1.82, 2.24) is 4.72 Å². The van der Waals surface area contributed by atoms with Gasteiger partial charge in [0.2, 0.25) is 15.6 Å². The van der Waals surface area contributed by atoms with E-state index in [-0.39, 0.29) is 36.1 Å². The van der Waals surface area contributed by atoms with Crippen LogP contribution in [0.2, 0.25) is 0 Å². The van der Waals surface area contributed by atoms with Gasteiger partial charge in [-0.3, -0.25) is 10.2 Å². The number of oxime groups is 1. The van der Waals surface area contributed by atoms with Crippen LogP contribution in [0.3, 0.4) is 0 Å². The van der Waals surface area contributed by atoms with Crippen LogP contribution in [-0.2, 0) is 24.4 Å². The van der Waals surface area contributed by atoms with Crippen LogP contribution in [-0.4, -0.2) is 50.7 Å². The van der Waals surface area contributed by atoms with Gasteiger partial charge < -0.3 is 20.6 Å². The molecule has 4 rings (SSSR count). The lowest BCUT2D eigenvalue weighted by molar-refractivity contribution is -0.140. The fraction of sp³-hybridized carbons (Fsp3) is 0.300. The lowest BCUT2D eigenvalue weighted by Crippen LogP contribution is -2.44. The van der Waals surface area contributed by atoms with Crippen LogP contribution in [0.5, 0.6) is 0 Å². The summed E-state index contributed by atoms with van der Waals surface area (Å²) >= 11 is 0. The number of benzene rings is 3. The molecule has 216 valence electrons. The Morgan fingerprint density at radius 2 is 1.78 bits per heavy atom. The molecule has 0 aliphatic carbocycles. The third-order valence-electron chi connectivity index (χ3n) is 6.49. The molecule has 1 unspecified atom stereocenters. The van der Waals surface area contributed by atoms with Crippen molar-refractivity contribution in [3.63, 3.8) is 0 Å². The highest BCUT2D eigenvalue weighted by atomic mass is 32.2. The van der Waals surface area contributed by atoms with Gasteiger partial charge in [0.1, 0.15) is 5.84 Å². The lowest BCUT2D eigenvalue weighted by Gasteiger charge is -2.25. The zero-order chi connectivity index (χ0) is 29.8. The van der Waals surface area contributed by atoms with Gasteiger partial charge in [-0.15, -0.1) is 0 Å². The number of hydrogen-bond donors (Lipinski definition) is 4. The molecular formula is C30H35N5O5S. The molecule has 1 amide bonds.